The Morgan fingerprint density at radius 1 is 1.19 bits per heavy atom. The van der Waals surface area contributed by atoms with Crippen LogP contribution in [0, 0.1) is 4.77 Å². The SMILES string of the molecule is CCCc1n[nH]c(=S)n1CC(=O)NC(c1ccccc1)c1ccc(Cl)cc1. The number of rotatable bonds is 7. The van der Waals surface area contributed by atoms with Crippen molar-refractivity contribution in [3.8, 4) is 0 Å². The lowest BCUT2D eigenvalue weighted by Crippen LogP contribution is -2.32. The van der Waals surface area contributed by atoms with E-state index in [4.69, 9.17) is 23.8 Å². The van der Waals surface area contributed by atoms with Crippen LogP contribution in [-0.4, -0.2) is 20.7 Å². The van der Waals surface area contributed by atoms with E-state index < -0.39 is 0 Å². The Balaban J connectivity index is 1.84. The molecule has 1 heterocycles. The third-order valence-electron chi connectivity index (χ3n) is 4.25. The highest BCUT2D eigenvalue weighted by molar-refractivity contribution is 7.71. The summed E-state index contributed by atoms with van der Waals surface area (Å²) < 4.78 is 2.20. The van der Waals surface area contributed by atoms with Crippen molar-refractivity contribution in [3.63, 3.8) is 0 Å². The van der Waals surface area contributed by atoms with Crippen LogP contribution >= 0.6 is 23.8 Å². The maximum atomic E-state index is 12.8. The molecule has 0 spiro atoms. The van der Waals surface area contributed by atoms with Crippen LogP contribution in [0.5, 0.6) is 0 Å². The van der Waals surface area contributed by atoms with Crippen molar-refractivity contribution < 1.29 is 4.79 Å². The standard InChI is InChI=1S/C20H21ClN4OS/c1-2-6-17-23-24-20(27)25(17)13-18(26)22-19(14-7-4-3-5-8-14)15-9-11-16(21)12-10-15/h3-5,7-12,19H,2,6,13H2,1H3,(H,22,26)(H,24,27). The Hall–Kier alpha value is -2.44. The molecule has 1 atom stereocenters. The van der Waals surface area contributed by atoms with Crippen molar-refractivity contribution in [3.05, 3.63) is 81.3 Å². The molecule has 3 aromatic rings. The molecule has 0 bridgehead atoms. The van der Waals surface area contributed by atoms with E-state index in [0.29, 0.717) is 9.79 Å². The second kappa shape index (κ2) is 8.97. The van der Waals surface area contributed by atoms with E-state index in [2.05, 4.69) is 22.4 Å². The van der Waals surface area contributed by atoms with Gasteiger partial charge in [-0.2, -0.15) is 5.10 Å². The summed E-state index contributed by atoms with van der Waals surface area (Å²) in [6.45, 7) is 2.19. The van der Waals surface area contributed by atoms with Gasteiger partial charge in [0.2, 0.25) is 5.91 Å². The highest BCUT2D eigenvalue weighted by atomic mass is 35.5. The van der Waals surface area contributed by atoms with Gasteiger partial charge in [-0.3, -0.25) is 14.5 Å². The Labute approximate surface area is 168 Å². The maximum Gasteiger partial charge on any atom is 0.240 e. The third-order valence-corrected chi connectivity index (χ3v) is 4.82. The summed E-state index contributed by atoms with van der Waals surface area (Å²) in [5, 5.41) is 10.8. The van der Waals surface area contributed by atoms with Gasteiger partial charge in [0.05, 0.1) is 6.04 Å². The van der Waals surface area contributed by atoms with Crippen molar-refractivity contribution in [2.24, 2.45) is 0 Å². The van der Waals surface area contributed by atoms with E-state index >= 15 is 0 Å². The van der Waals surface area contributed by atoms with E-state index in [-0.39, 0.29) is 18.5 Å². The zero-order valence-electron chi connectivity index (χ0n) is 15.0. The number of carbonyl (C=O) groups is 1. The molecule has 0 radical (unpaired) electrons. The van der Waals surface area contributed by atoms with Gasteiger partial charge in [0, 0.05) is 11.4 Å². The van der Waals surface area contributed by atoms with Gasteiger partial charge >= 0.3 is 0 Å². The van der Waals surface area contributed by atoms with Gasteiger partial charge in [-0.25, -0.2) is 0 Å². The molecule has 0 aliphatic rings. The Morgan fingerprint density at radius 3 is 2.52 bits per heavy atom. The summed E-state index contributed by atoms with van der Waals surface area (Å²) in [5.74, 6) is 0.661. The summed E-state index contributed by atoms with van der Waals surface area (Å²) >= 11 is 11.3. The zero-order valence-corrected chi connectivity index (χ0v) is 16.6. The van der Waals surface area contributed by atoms with Gasteiger partial charge in [-0.15, -0.1) is 0 Å². The molecule has 140 valence electrons. The molecule has 0 saturated heterocycles. The summed E-state index contributed by atoms with van der Waals surface area (Å²) in [6, 6.07) is 17.1. The first-order valence-corrected chi connectivity index (χ1v) is 9.61. The van der Waals surface area contributed by atoms with Crippen LogP contribution in [0.15, 0.2) is 54.6 Å². The molecule has 27 heavy (non-hydrogen) atoms. The fraction of sp³-hybridized carbons (Fsp3) is 0.250. The number of nitrogens with zero attached hydrogens (tertiary/aromatic N) is 2. The van der Waals surface area contributed by atoms with Crippen LogP contribution in [-0.2, 0) is 17.8 Å². The predicted molar refractivity (Wildman–Crippen MR) is 109 cm³/mol. The highest BCUT2D eigenvalue weighted by Crippen LogP contribution is 2.23. The number of hydrogen-bond acceptors (Lipinski definition) is 3. The van der Waals surface area contributed by atoms with E-state index in [0.717, 1.165) is 29.8 Å². The first-order chi connectivity index (χ1) is 13.1. The minimum atomic E-state index is -0.272. The Bertz CT molecular complexity index is 950. The van der Waals surface area contributed by atoms with Gasteiger partial charge in [-0.05, 0) is 41.9 Å². The monoisotopic (exact) mass is 400 g/mol. The fourth-order valence-corrected chi connectivity index (χ4v) is 3.28. The minimum absolute atomic E-state index is 0.127. The average molecular weight is 401 g/mol. The lowest BCUT2D eigenvalue weighted by Gasteiger charge is -2.20. The van der Waals surface area contributed by atoms with Crippen molar-refractivity contribution in [1.82, 2.24) is 20.1 Å². The topological polar surface area (TPSA) is 62.7 Å². The minimum Gasteiger partial charge on any atom is -0.344 e. The number of amides is 1. The molecule has 0 aliphatic heterocycles. The van der Waals surface area contributed by atoms with Crippen molar-refractivity contribution in [2.75, 3.05) is 0 Å². The first-order valence-electron chi connectivity index (χ1n) is 8.82. The van der Waals surface area contributed by atoms with Crippen LogP contribution in [0.3, 0.4) is 0 Å². The van der Waals surface area contributed by atoms with Gasteiger partial charge in [0.15, 0.2) is 4.77 Å². The molecule has 1 amide bonds. The van der Waals surface area contributed by atoms with Gasteiger partial charge in [-0.1, -0.05) is 61.0 Å². The molecular weight excluding hydrogens is 380 g/mol. The fourth-order valence-electron chi connectivity index (χ4n) is 2.94. The van der Waals surface area contributed by atoms with Crippen LogP contribution < -0.4 is 5.32 Å². The van der Waals surface area contributed by atoms with E-state index in [9.17, 15) is 4.79 Å². The lowest BCUT2D eigenvalue weighted by atomic mass is 9.98. The molecule has 0 saturated carbocycles. The van der Waals surface area contributed by atoms with Gasteiger partial charge < -0.3 is 5.32 Å². The number of carbonyl (C=O) groups excluding carboxylic acids is 1. The summed E-state index contributed by atoms with van der Waals surface area (Å²) in [4.78, 5) is 12.8. The van der Waals surface area contributed by atoms with Crippen LogP contribution in [0.2, 0.25) is 5.02 Å². The number of aromatic amines is 1. The van der Waals surface area contributed by atoms with Gasteiger partial charge in [0.1, 0.15) is 12.4 Å². The quantitative estimate of drug-likeness (QED) is 0.576. The third kappa shape index (κ3) is 4.84. The molecule has 1 aromatic heterocycles. The number of aromatic nitrogens is 3. The van der Waals surface area contributed by atoms with Crippen molar-refractivity contribution >= 4 is 29.7 Å². The molecule has 2 N–H and O–H groups in total. The number of halogens is 1. The summed E-state index contributed by atoms with van der Waals surface area (Å²) in [5.41, 5.74) is 1.96. The predicted octanol–water partition coefficient (Wildman–Crippen LogP) is 4.45. The second-order valence-electron chi connectivity index (χ2n) is 6.24. The Kier molecular flexibility index (Phi) is 6.42. The number of hydrogen-bond donors (Lipinski definition) is 2. The van der Waals surface area contributed by atoms with E-state index in [1.165, 1.54) is 0 Å². The van der Waals surface area contributed by atoms with Crippen molar-refractivity contribution in [2.45, 2.75) is 32.4 Å². The summed E-state index contributed by atoms with van der Waals surface area (Å²) in [6.07, 6.45) is 1.69. The number of H-pyrrole nitrogens is 1. The van der Waals surface area contributed by atoms with Crippen LogP contribution in [0.25, 0.3) is 0 Å². The summed E-state index contributed by atoms with van der Waals surface area (Å²) in [7, 11) is 0. The first kappa shape index (κ1) is 19.3. The molecule has 0 aliphatic carbocycles. The number of nitrogens with one attached hydrogen (secondary N) is 2. The second-order valence-corrected chi connectivity index (χ2v) is 7.07. The molecule has 0 fully saturated rings. The molecule has 7 heteroatoms. The lowest BCUT2D eigenvalue weighted by molar-refractivity contribution is -0.122. The maximum absolute atomic E-state index is 12.8. The molecule has 5 nitrogen and oxygen atoms in total. The molecule has 3 rings (SSSR count). The molecule has 2 aromatic carbocycles. The van der Waals surface area contributed by atoms with Crippen LogP contribution in [0.1, 0.15) is 36.3 Å². The number of aryl methyl sites for hydroxylation is 1. The van der Waals surface area contributed by atoms with E-state index in [1.807, 2.05) is 54.6 Å². The number of benzene rings is 2. The zero-order chi connectivity index (χ0) is 19.2. The van der Waals surface area contributed by atoms with Crippen molar-refractivity contribution in [1.29, 1.82) is 0 Å². The normalized spacial score (nSPS) is 11.9. The molecular formula is C20H21ClN4OS. The smallest absolute Gasteiger partial charge is 0.240 e. The molecule has 1 unspecified atom stereocenters. The Morgan fingerprint density at radius 2 is 1.85 bits per heavy atom. The van der Waals surface area contributed by atoms with Gasteiger partial charge in [0.25, 0.3) is 0 Å². The largest absolute Gasteiger partial charge is 0.344 e. The average Bonchev–Trinajstić information content (AvgIpc) is 3.01. The van der Waals surface area contributed by atoms with E-state index in [1.54, 1.807) is 4.57 Å². The highest BCUT2D eigenvalue weighted by Gasteiger charge is 2.18. The van der Waals surface area contributed by atoms with Crippen LogP contribution in [0.4, 0.5) is 0 Å².